The van der Waals surface area contributed by atoms with Gasteiger partial charge in [0, 0.05) is 30.2 Å². The first-order chi connectivity index (χ1) is 10.9. The van der Waals surface area contributed by atoms with Gasteiger partial charge in [-0.15, -0.1) is 0 Å². The maximum absolute atomic E-state index is 5.51. The largest absolute Gasteiger partial charge is 0.494 e. The van der Waals surface area contributed by atoms with Crippen molar-refractivity contribution in [3.8, 4) is 16.9 Å². The van der Waals surface area contributed by atoms with Gasteiger partial charge in [0.1, 0.15) is 17.1 Å². The fourth-order valence-electron chi connectivity index (χ4n) is 3.12. The Bertz CT molecular complexity index is 792. The van der Waals surface area contributed by atoms with Crippen molar-refractivity contribution in [1.29, 1.82) is 0 Å². The van der Waals surface area contributed by atoms with Crippen molar-refractivity contribution in [3.05, 3.63) is 36.7 Å². The number of H-pyrrole nitrogens is 1. The monoisotopic (exact) mass is 294 g/mol. The molecule has 5 heteroatoms. The smallest absolute Gasteiger partial charge is 0.145 e. The van der Waals surface area contributed by atoms with Crippen molar-refractivity contribution in [3.63, 3.8) is 0 Å². The van der Waals surface area contributed by atoms with Crippen LogP contribution in [-0.4, -0.2) is 35.4 Å². The summed E-state index contributed by atoms with van der Waals surface area (Å²) in [5, 5.41) is 8.07. The van der Waals surface area contributed by atoms with Crippen LogP contribution < -0.4 is 9.64 Å². The standard InChI is InChI=1S/C17H18N4O/c1-22-15-6-4-5-13-14(12-10-18-19-11-12)9-16(20-17(13)15)21-7-2-3-8-21/h4-6,9-11H,2-3,7-8H2,1H3,(H,18,19). The van der Waals surface area contributed by atoms with E-state index in [9.17, 15) is 0 Å². The first-order valence-corrected chi connectivity index (χ1v) is 7.58. The minimum atomic E-state index is 0.809. The van der Waals surface area contributed by atoms with E-state index in [0.717, 1.165) is 46.7 Å². The van der Waals surface area contributed by atoms with E-state index < -0.39 is 0 Å². The van der Waals surface area contributed by atoms with Gasteiger partial charge in [-0.1, -0.05) is 12.1 Å². The molecule has 3 aromatic rings. The molecule has 0 amide bonds. The first-order valence-electron chi connectivity index (χ1n) is 7.58. The molecule has 2 aromatic heterocycles. The van der Waals surface area contributed by atoms with E-state index in [1.807, 2.05) is 24.5 Å². The summed E-state index contributed by atoms with van der Waals surface area (Å²) in [5.74, 6) is 1.83. The van der Waals surface area contributed by atoms with E-state index in [0.29, 0.717) is 0 Å². The number of methoxy groups -OCH3 is 1. The van der Waals surface area contributed by atoms with Gasteiger partial charge in [-0.05, 0) is 30.5 Å². The van der Waals surface area contributed by atoms with E-state index in [1.54, 1.807) is 7.11 Å². The summed E-state index contributed by atoms with van der Waals surface area (Å²) in [6.45, 7) is 2.14. The summed E-state index contributed by atoms with van der Waals surface area (Å²) in [5.41, 5.74) is 3.12. The minimum Gasteiger partial charge on any atom is -0.494 e. The second-order valence-corrected chi connectivity index (χ2v) is 5.57. The molecule has 5 nitrogen and oxygen atoms in total. The van der Waals surface area contributed by atoms with Crippen LogP contribution in [0, 0.1) is 0 Å². The van der Waals surface area contributed by atoms with Crippen molar-refractivity contribution in [2.75, 3.05) is 25.1 Å². The van der Waals surface area contributed by atoms with Gasteiger partial charge >= 0.3 is 0 Å². The molecule has 0 unspecified atom stereocenters. The van der Waals surface area contributed by atoms with Crippen LogP contribution >= 0.6 is 0 Å². The normalized spacial score (nSPS) is 14.7. The molecular weight excluding hydrogens is 276 g/mol. The maximum atomic E-state index is 5.51. The highest BCUT2D eigenvalue weighted by Gasteiger charge is 2.18. The molecule has 0 bridgehead atoms. The van der Waals surface area contributed by atoms with E-state index in [4.69, 9.17) is 9.72 Å². The molecule has 0 aliphatic carbocycles. The summed E-state index contributed by atoms with van der Waals surface area (Å²) in [6.07, 6.45) is 6.23. The van der Waals surface area contributed by atoms with Crippen LogP contribution in [0.5, 0.6) is 5.75 Å². The quantitative estimate of drug-likeness (QED) is 0.805. The van der Waals surface area contributed by atoms with Crippen molar-refractivity contribution in [2.45, 2.75) is 12.8 Å². The van der Waals surface area contributed by atoms with Gasteiger partial charge in [0.2, 0.25) is 0 Å². The fraction of sp³-hybridized carbons (Fsp3) is 0.294. The lowest BCUT2D eigenvalue weighted by Gasteiger charge is -2.19. The molecule has 0 saturated carbocycles. The van der Waals surface area contributed by atoms with Gasteiger partial charge in [-0.3, -0.25) is 5.10 Å². The summed E-state index contributed by atoms with van der Waals surface area (Å²) in [6, 6.07) is 8.21. The third kappa shape index (κ3) is 2.09. The molecule has 0 spiro atoms. The van der Waals surface area contributed by atoms with Gasteiger partial charge < -0.3 is 9.64 Å². The van der Waals surface area contributed by atoms with E-state index in [1.165, 1.54) is 12.8 Å². The summed E-state index contributed by atoms with van der Waals surface area (Å²) in [7, 11) is 1.69. The van der Waals surface area contributed by atoms with Crippen LogP contribution in [0.3, 0.4) is 0 Å². The molecule has 1 fully saturated rings. The van der Waals surface area contributed by atoms with Crippen LogP contribution in [0.25, 0.3) is 22.0 Å². The lowest BCUT2D eigenvalue weighted by atomic mass is 10.0. The van der Waals surface area contributed by atoms with Crippen LogP contribution in [-0.2, 0) is 0 Å². The molecule has 22 heavy (non-hydrogen) atoms. The number of pyridine rings is 1. The average Bonchev–Trinajstić information content (AvgIpc) is 3.26. The number of ether oxygens (including phenoxy) is 1. The third-order valence-electron chi connectivity index (χ3n) is 4.25. The van der Waals surface area contributed by atoms with Crippen molar-refractivity contribution in [2.24, 2.45) is 0 Å². The maximum Gasteiger partial charge on any atom is 0.145 e. The van der Waals surface area contributed by atoms with Gasteiger partial charge in [0.25, 0.3) is 0 Å². The molecule has 1 saturated heterocycles. The summed E-state index contributed by atoms with van der Waals surface area (Å²) in [4.78, 5) is 7.21. The van der Waals surface area contributed by atoms with Gasteiger partial charge in [-0.25, -0.2) is 4.98 Å². The van der Waals surface area contributed by atoms with Gasteiger partial charge in [0.05, 0.1) is 13.3 Å². The molecule has 0 radical (unpaired) electrons. The Morgan fingerprint density at radius 1 is 1.23 bits per heavy atom. The molecule has 1 aliphatic heterocycles. The SMILES string of the molecule is COc1cccc2c(-c3cn[nH]c3)cc(N3CCCC3)nc12. The number of para-hydroxylation sites is 1. The van der Waals surface area contributed by atoms with Gasteiger partial charge in [0.15, 0.2) is 0 Å². The molecule has 0 atom stereocenters. The number of aromatic nitrogens is 3. The van der Waals surface area contributed by atoms with Crippen LogP contribution in [0.15, 0.2) is 36.7 Å². The molecule has 3 heterocycles. The Hall–Kier alpha value is -2.56. The Kier molecular flexibility index (Phi) is 3.18. The molecule has 1 aromatic carbocycles. The number of hydrogen-bond donors (Lipinski definition) is 1. The number of fused-ring (bicyclic) bond motifs is 1. The molecule has 112 valence electrons. The average molecular weight is 294 g/mol. The van der Waals surface area contributed by atoms with Crippen molar-refractivity contribution < 1.29 is 4.74 Å². The predicted molar refractivity (Wildman–Crippen MR) is 87.3 cm³/mol. The summed E-state index contributed by atoms with van der Waals surface area (Å²) < 4.78 is 5.51. The first kappa shape index (κ1) is 13.1. The number of nitrogens with zero attached hydrogens (tertiary/aromatic N) is 3. The Morgan fingerprint density at radius 3 is 2.82 bits per heavy atom. The molecular formula is C17H18N4O. The van der Waals surface area contributed by atoms with E-state index in [2.05, 4.69) is 27.2 Å². The number of nitrogens with one attached hydrogen (secondary N) is 1. The second-order valence-electron chi connectivity index (χ2n) is 5.57. The highest BCUT2D eigenvalue weighted by atomic mass is 16.5. The second kappa shape index (κ2) is 5.33. The molecule has 1 aliphatic rings. The Balaban J connectivity index is 1.98. The van der Waals surface area contributed by atoms with Crippen LogP contribution in [0.2, 0.25) is 0 Å². The third-order valence-corrected chi connectivity index (χ3v) is 4.25. The van der Waals surface area contributed by atoms with Crippen LogP contribution in [0.1, 0.15) is 12.8 Å². The topological polar surface area (TPSA) is 54.0 Å². The van der Waals surface area contributed by atoms with Crippen molar-refractivity contribution >= 4 is 16.7 Å². The predicted octanol–water partition coefficient (Wildman–Crippen LogP) is 3.23. The highest BCUT2D eigenvalue weighted by molar-refractivity contribution is 5.98. The van der Waals surface area contributed by atoms with E-state index >= 15 is 0 Å². The lowest BCUT2D eigenvalue weighted by Crippen LogP contribution is -2.19. The minimum absolute atomic E-state index is 0.809. The van der Waals surface area contributed by atoms with Crippen LogP contribution in [0.4, 0.5) is 5.82 Å². The Labute approximate surface area is 128 Å². The number of hydrogen-bond acceptors (Lipinski definition) is 4. The zero-order chi connectivity index (χ0) is 14.9. The zero-order valence-corrected chi connectivity index (χ0v) is 12.5. The summed E-state index contributed by atoms with van der Waals surface area (Å²) >= 11 is 0. The fourth-order valence-corrected chi connectivity index (χ4v) is 3.12. The lowest BCUT2D eigenvalue weighted by molar-refractivity contribution is 0.419. The zero-order valence-electron chi connectivity index (χ0n) is 12.5. The number of aromatic amines is 1. The van der Waals surface area contributed by atoms with E-state index in [-0.39, 0.29) is 0 Å². The number of benzene rings is 1. The Morgan fingerprint density at radius 2 is 2.09 bits per heavy atom. The molecule has 1 N–H and O–H groups in total. The highest BCUT2D eigenvalue weighted by Crippen LogP contribution is 2.35. The molecule has 4 rings (SSSR count). The van der Waals surface area contributed by atoms with Crippen molar-refractivity contribution in [1.82, 2.24) is 15.2 Å². The number of anilines is 1. The van der Waals surface area contributed by atoms with Gasteiger partial charge in [-0.2, -0.15) is 5.10 Å². The number of rotatable bonds is 3.